The second-order valence-electron chi connectivity index (χ2n) is 7.78. The van der Waals surface area contributed by atoms with E-state index < -0.39 is 10.0 Å². The Morgan fingerprint density at radius 2 is 1.88 bits per heavy atom. The van der Waals surface area contributed by atoms with Gasteiger partial charge in [0.05, 0.1) is 10.4 Å². The van der Waals surface area contributed by atoms with Crippen molar-refractivity contribution < 1.29 is 31.8 Å². The summed E-state index contributed by atoms with van der Waals surface area (Å²) >= 11 is 0. The summed E-state index contributed by atoms with van der Waals surface area (Å²) in [6.45, 7) is 1.08. The molecule has 4 rings (SSSR count). The Hall–Kier alpha value is -3.24. The number of rotatable bonds is 10. The molecule has 0 radical (unpaired) electrons. The maximum atomic E-state index is 13.9. The van der Waals surface area contributed by atoms with Crippen LogP contribution >= 0.6 is 0 Å². The number of sulfonamides is 1. The number of hydrogen-bond donors (Lipinski definition) is 1. The fourth-order valence-electron chi connectivity index (χ4n) is 3.60. The number of nitrogens with zero attached hydrogens (tertiary/aromatic N) is 1. The lowest BCUT2D eigenvalue weighted by molar-refractivity contribution is -0.145. The van der Waals surface area contributed by atoms with Crippen molar-refractivity contribution in [3.63, 3.8) is 0 Å². The van der Waals surface area contributed by atoms with Crippen molar-refractivity contribution in [3.8, 4) is 11.5 Å². The van der Waals surface area contributed by atoms with E-state index >= 15 is 0 Å². The summed E-state index contributed by atoms with van der Waals surface area (Å²) in [5, 5.41) is 0.384. The van der Waals surface area contributed by atoms with Gasteiger partial charge in [0.2, 0.25) is 10.0 Å². The number of halogens is 1. The summed E-state index contributed by atoms with van der Waals surface area (Å²) in [5.41, 5.74) is 1.11. The molecule has 2 aromatic carbocycles. The Bertz CT molecular complexity index is 1280. The molecule has 0 spiro atoms. The fourth-order valence-corrected chi connectivity index (χ4v) is 4.68. The molecule has 0 fully saturated rings. The van der Waals surface area contributed by atoms with Crippen LogP contribution in [0.5, 0.6) is 11.5 Å². The Morgan fingerprint density at radius 3 is 2.74 bits per heavy atom. The molecular formula is C24H25FN2O6S. The van der Waals surface area contributed by atoms with Crippen LogP contribution in [0.2, 0.25) is 0 Å². The minimum atomic E-state index is -3.67. The van der Waals surface area contributed by atoms with Gasteiger partial charge >= 0.3 is 5.97 Å². The third kappa shape index (κ3) is 5.81. The highest BCUT2D eigenvalue weighted by Crippen LogP contribution is 2.32. The molecule has 3 aromatic rings. The van der Waals surface area contributed by atoms with E-state index in [1.54, 1.807) is 30.5 Å². The lowest BCUT2D eigenvalue weighted by atomic mass is 10.1. The van der Waals surface area contributed by atoms with Crippen molar-refractivity contribution in [1.29, 1.82) is 0 Å². The van der Waals surface area contributed by atoms with E-state index in [1.165, 1.54) is 18.2 Å². The fraction of sp³-hybridized carbons (Fsp3) is 0.333. The van der Waals surface area contributed by atoms with Crippen LogP contribution in [-0.2, 0) is 26.2 Å². The Morgan fingerprint density at radius 1 is 1.06 bits per heavy atom. The number of pyridine rings is 1. The number of carbonyl (C=O) groups excluding carboxylic acids is 1. The van der Waals surface area contributed by atoms with Crippen LogP contribution in [-0.4, -0.2) is 39.1 Å². The third-order valence-corrected chi connectivity index (χ3v) is 6.82. The molecule has 0 bridgehead atoms. The minimum absolute atomic E-state index is 0.0158. The first-order valence-electron chi connectivity index (χ1n) is 11.0. The molecule has 1 aliphatic rings. The molecule has 2 heterocycles. The summed E-state index contributed by atoms with van der Waals surface area (Å²) < 4.78 is 57.5. The molecule has 0 aliphatic carbocycles. The lowest BCUT2D eigenvalue weighted by Gasteiger charge is -2.18. The van der Waals surface area contributed by atoms with Gasteiger partial charge in [-0.15, -0.1) is 0 Å². The van der Waals surface area contributed by atoms with E-state index in [4.69, 9.17) is 14.2 Å². The average Bonchev–Trinajstić information content (AvgIpc) is 2.85. The Kier molecular flexibility index (Phi) is 7.59. The molecular weight excluding hydrogens is 463 g/mol. The van der Waals surface area contributed by atoms with Gasteiger partial charge in [0.15, 0.2) is 11.5 Å². The first-order chi connectivity index (χ1) is 16.4. The molecule has 0 saturated heterocycles. The molecule has 1 aliphatic heterocycles. The molecule has 0 atom stereocenters. The molecule has 1 N–H and O–H groups in total. The summed E-state index contributed by atoms with van der Waals surface area (Å²) in [5.74, 6) is 0.200. The number of fused-ring (bicyclic) bond motifs is 2. The van der Waals surface area contributed by atoms with Gasteiger partial charge in [0.25, 0.3) is 0 Å². The van der Waals surface area contributed by atoms with Gasteiger partial charge in [-0.3, -0.25) is 9.78 Å². The van der Waals surface area contributed by atoms with E-state index in [2.05, 4.69) is 9.71 Å². The number of nitrogens with one attached hydrogen (secondary N) is 1. The minimum Gasteiger partial charge on any atom is -0.486 e. The van der Waals surface area contributed by atoms with Gasteiger partial charge in [-0.2, -0.15) is 0 Å². The molecule has 0 saturated carbocycles. The van der Waals surface area contributed by atoms with Gasteiger partial charge in [-0.1, -0.05) is 12.5 Å². The number of hydrogen-bond acceptors (Lipinski definition) is 7. The van der Waals surface area contributed by atoms with Crippen molar-refractivity contribution >= 4 is 26.9 Å². The van der Waals surface area contributed by atoms with Crippen molar-refractivity contribution in [3.05, 3.63) is 60.0 Å². The normalized spacial score (nSPS) is 13.1. The second-order valence-corrected chi connectivity index (χ2v) is 9.55. The number of carbonyl (C=O) groups is 1. The van der Waals surface area contributed by atoms with Crippen LogP contribution in [0.4, 0.5) is 4.39 Å². The topological polar surface area (TPSA) is 104 Å². The summed E-state index contributed by atoms with van der Waals surface area (Å²) in [7, 11) is -3.67. The third-order valence-electron chi connectivity index (χ3n) is 5.36. The maximum absolute atomic E-state index is 13.9. The zero-order chi connectivity index (χ0) is 24.0. The molecule has 1 aromatic heterocycles. The average molecular weight is 489 g/mol. The number of unbranched alkanes of at least 4 members (excludes halogenated alkanes) is 2. The number of benzene rings is 2. The molecule has 10 heteroatoms. The van der Waals surface area contributed by atoms with E-state index in [-0.39, 0.29) is 36.3 Å². The maximum Gasteiger partial charge on any atom is 0.306 e. The van der Waals surface area contributed by atoms with E-state index in [0.29, 0.717) is 60.4 Å². The number of esters is 1. The van der Waals surface area contributed by atoms with Crippen LogP contribution in [0.1, 0.15) is 31.2 Å². The summed E-state index contributed by atoms with van der Waals surface area (Å²) in [6.07, 6.45) is 3.56. The smallest absolute Gasteiger partial charge is 0.306 e. The van der Waals surface area contributed by atoms with E-state index in [0.717, 1.165) is 0 Å². The highest BCUT2D eigenvalue weighted by atomic mass is 32.2. The van der Waals surface area contributed by atoms with Crippen LogP contribution in [0.3, 0.4) is 0 Å². The molecule has 0 unspecified atom stereocenters. The van der Waals surface area contributed by atoms with Crippen molar-refractivity contribution in [1.82, 2.24) is 9.71 Å². The lowest BCUT2D eigenvalue weighted by Crippen LogP contribution is -2.25. The van der Waals surface area contributed by atoms with E-state index in [1.807, 2.05) is 0 Å². The Labute approximate surface area is 197 Å². The van der Waals surface area contributed by atoms with Gasteiger partial charge in [0, 0.05) is 36.2 Å². The van der Waals surface area contributed by atoms with Crippen molar-refractivity contribution in [2.24, 2.45) is 0 Å². The predicted molar refractivity (Wildman–Crippen MR) is 123 cm³/mol. The van der Waals surface area contributed by atoms with Gasteiger partial charge in [-0.25, -0.2) is 17.5 Å². The zero-order valence-corrected chi connectivity index (χ0v) is 19.3. The van der Waals surface area contributed by atoms with Crippen LogP contribution in [0.15, 0.2) is 53.6 Å². The number of aromatic nitrogens is 1. The highest BCUT2D eigenvalue weighted by molar-refractivity contribution is 7.89. The number of ether oxygens (including phenoxy) is 3. The van der Waals surface area contributed by atoms with Gasteiger partial charge < -0.3 is 14.2 Å². The molecule has 180 valence electrons. The van der Waals surface area contributed by atoms with Gasteiger partial charge in [-0.05, 0) is 43.2 Å². The SMILES string of the molecule is O=C(CCCCCNS(=O)(=O)c1ccc2c(c1)OCCO2)OCc1ccc(F)c2cccnc12. The van der Waals surface area contributed by atoms with Crippen molar-refractivity contribution in [2.45, 2.75) is 37.2 Å². The van der Waals surface area contributed by atoms with Crippen LogP contribution in [0, 0.1) is 5.82 Å². The molecule has 0 amide bonds. The van der Waals surface area contributed by atoms with Crippen molar-refractivity contribution in [2.75, 3.05) is 19.8 Å². The molecule has 8 nitrogen and oxygen atoms in total. The van der Waals surface area contributed by atoms with Gasteiger partial charge in [0.1, 0.15) is 25.6 Å². The standard InChI is InChI=1S/C24H25FN2O6S/c25-20-9-7-17(24-19(20)5-4-11-26-24)16-33-23(28)6-2-1-3-12-27-34(29,30)18-8-10-21-22(15-18)32-14-13-31-21/h4-5,7-11,15,27H,1-3,6,12-14,16H2. The monoisotopic (exact) mass is 488 g/mol. The first kappa shape index (κ1) is 23.9. The van der Waals surface area contributed by atoms with E-state index in [9.17, 15) is 17.6 Å². The zero-order valence-electron chi connectivity index (χ0n) is 18.5. The quantitative estimate of drug-likeness (QED) is 0.343. The summed E-state index contributed by atoms with van der Waals surface area (Å²) in [6, 6.07) is 10.7. The highest BCUT2D eigenvalue weighted by Gasteiger charge is 2.19. The summed E-state index contributed by atoms with van der Waals surface area (Å²) in [4.78, 5) is 16.4. The van der Waals surface area contributed by atoms with Crippen LogP contribution < -0.4 is 14.2 Å². The Balaban J connectivity index is 1.17. The van der Waals surface area contributed by atoms with Crippen LogP contribution in [0.25, 0.3) is 10.9 Å². The predicted octanol–water partition coefficient (Wildman–Crippen LogP) is 3.73. The molecule has 34 heavy (non-hydrogen) atoms. The second kappa shape index (κ2) is 10.8. The first-order valence-corrected chi connectivity index (χ1v) is 12.5. The largest absolute Gasteiger partial charge is 0.486 e.